The van der Waals surface area contributed by atoms with E-state index in [1.54, 1.807) is 40.9 Å². The van der Waals surface area contributed by atoms with Gasteiger partial charge in [-0.1, -0.05) is 113 Å². The summed E-state index contributed by atoms with van der Waals surface area (Å²) in [5.41, 5.74) is 6.28. The molecule has 320 valence electrons. The molecule has 6 rings (SSSR count). The number of hydrogen-bond acceptors (Lipinski definition) is 8. The Balaban J connectivity index is 0.826. The van der Waals surface area contributed by atoms with Gasteiger partial charge in [0.15, 0.2) is 0 Å². The van der Waals surface area contributed by atoms with Gasteiger partial charge >= 0.3 is 0 Å². The Kier molecular flexibility index (Phi) is 16.4. The summed E-state index contributed by atoms with van der Waals surface area (Å²) >= 11 is 1.57. The van der Waals surface area contributed by atoms with Gasteiger partial charge in [-0.05, 0) is 95.7 Å². The standard InChI is InChI=1S/C50H57N3O7S/c1-3-40(35-17-12-11-13-18-35)46(36-22-26-38(54)27-23-36)37-24-28-39(29-25-37)60-33-32-52(2)45(56)21-14-9-7-5-4-6-8-10-15-34-61-43-20-16-19-41-47(43)50(59)53(49(41)58)42-30-31-44(55)51-48(42)57/h11-13,16-20,22-29,42,54H,3-10,14-15,21,30-34H2,1-2H3,(H,51,55,57). The van der Waals surface area contributed by atoms with E-state index in [2.05, 4.69) is 36.5 Å². The van der Waals surface area contributed by atoms with E-state index in [0.717, 1.165) is 101 Å². The minimum absolute atomic E-state index is 0.0989. The lowest BCUT2D eigenvalue weighted by Crippen LogP contribution is -2.54. The van der Waals surface area contributed by atoms with Gasteiger partial charge in [0.25, 0.3) is 11.8 Å². The topological polar surface area (TPSA) is 133 Å². The number of ether oxygens (including phenoxy) is 1. The lowest BCUT2D eigenvalue weighted by Gasteiger charge is -2.27. The van der Waals surface area contributed by atoms with Crippen molar-refractivity contribution in [2.75, 3.05) is 26.0 Å². The number of hydrogen-bond donors (Lipinski definition) is 2. The molecule has 10 nitrogen and oxygen atoms in total. The van der Waals surface area contributed by atoms with Crippen molar-refractivity contribution in [3.05, 3.63) is 125 Å². The molecule has 2 aliphatic rings. The molecule has 4 aromatic rings. The number of amides is 5. The fraction of sp³-hybridized carbons (Fsp3) is 0.380. The summed E-state index contributed by atoms with van der Waals surface area (Å²) < 4.78 is 6.05. The van der Waals surface area contributed by atoms with Crippen LogP contribution in [0.5, 0.6) is 11.5 Å². The number of nitrogens with one attached hydrogen (secondary N) is 1. The molecule has 5 amide bonds. The van der Waals surface area contributed by atoms with Crippen molar-refractivity contribution in [2.45, 2.75) is 101 Å². The van der Waals surface area contributed by atoms with Crippen molar-refractivity contribution in [1.82, 2.24) is 15.1 Å². The van der Waals surface area contributed by atoms with Crippen LogP contribution >= 0.6 is 11.8 Å². The minimum atomic E-state index is -0.960. The average molecular weight is 844 g/mol. The van der Waals surface area contributed by atoms with E-state index in [1.165, 1.54) is 12.0 Å². The number of phenols is 1. The van der Waals surface area contributed by atoms with Crippen LogP contribution in [0.4, 0.5) is 0 Å². The fourth-order valence-electron chi connectivity index (χ4n) is 8.04. The van der Waals surface area contributed by atoms with E-state index in [0.29, 0.717) is 30.7 Å². The number of imide groups is 2. The summed E-state index contributed by atoms with van der Waals surface area (Å²) in [4.78, 5) is 66.7. The van der Waals surface area contributed by atoms with Crippen LogP contribution in [-0.4, -0.2) is 76.4 Å². The van der Waals surface area contributed by atoms with E-state index in [-0.39, 0.29) is 30.4 Å². The van der Waals surface area contributed by atoms with Crippen LogP contribution in [0, 0.1) is 0 Å². The van der Waals surface area contributed by atoms with Crippen LogP contribution in [-0.2, 0) is 14.4 Å². The van der Waals surface area contributed by atoms with Gasteiger partial charge in [-0.3, -0.25) is 34.2 Å². The number of rotatable bonds is 22. The average Bonchev–Trinajstić information content (AvgIpc) is 3.52. The fourth-order valence-corrected chi connectivity index (χ4v) is 9.13. The molecular formula is C50H57N3O7S. The number of phenolic OH excluding ortho intramolecular Hbond substituents is 1. The SMILES string of the molecule is CCC(=C(c1ccc(O)cc1)c1ccc(OCCN(C)C(=O)CCCCCCCCCCCSc2cccc3c2C(=O)N(C2CCC(=O)NC2=O)C3=O)cc1)c1ccccc1. The second kappa shape index (κ2) is 22.2. The molecule has 1 saturated heterocycles. The lowest BCUT2D eigenvalue weighted by atomic mass is 9.88. The largest absolute Gasteiger partial charge is 0.508 e. The van der Waals surface area contributed by atoms with E-state index in [9.17, 15) is 29.1 Å². The quantitative estimate of drug-likeness (QED) is 0.0346. The van der Waals surface area contributed by atoms with Crippen LogP contribution in [0.2, 0.25) is 0 Å². The van der Waals surface area contributed by atoms with E-state index >= 15 is 0 Å². The third kappa shape index (κ3) is 11.8. The molecular weight excluding hydrogens is 787 g/mol. The number of carbonyl (C=O) groups is 5. The highest BCUT2D eigenvalue weighted by Gasteiger charge is 2.45. The van der Waals surface area contributed by atoms with Gasteiger partial charge in [0.2, 0.25) is 17.7 Å². The van der Waals surface area contributed by atoms with Crippen molar-refractivity contribution < 1.29 is 33.8 Å². The number of unbranched alkanes of at least 4 members (excludes halogenated alkanes) is 8. The Morgan fingerprint density at radius 2 is 1.41 bits per heavy atom. The molecule has 2 heterocycles. The van der Waals surface area contributed by atoms with Gasteiger partial charge in [0.1, 0.15) is 24.1 Å². The molecule has 0 radical (unpaired) electrons. The highest BCUT2D eigenvalue weighted by atomic mass is 32.2. The first-order chi connectivity index (χ1) is 29.7. The first-order valence-electron chi connectivity index (χ1n) is 21.7. The van der Waals surface area contributed by atoms with Crippen molar-refractivity contribution >= 4 is 52.4 Å². The second-order valence-corrected chi connectivity index (χ2v) is 16.9. The van der Waals surface area contributed by atoms with Gasteiger partial charge in [-0.25, -0.2) is 0 Å². The van der Waals surface area contributed by atoms with Gasteiger partial charge in [-0.2, -0.15) is 0 Å². The zero-order valence-corrected chi connectivity index (χ0v) is 36.1. The zero-order chi connectivity index (χ0) is 43.1. The van der Waals surface area contributed by atoms with Crippen LogP contribution in [0.15, 0.2) is 102 Å². The molecule has 11 heteroatoms. The van der Waals surface area contributed by atoms with E-state index < -0.39 is 23.8 Å². The number of carbonyl (C=O) groups excluding carboxylic acids is 5. The molecule has 0 aromatic heterocycles. The molecule has 1 unspecified atom stereocenters. The van der Waals surface area contributed by atoms with Crippen molar-refractivity contribution in [2.24, 2.45) is 0 Å². The first-order valence-corrected chi connectivity index (χ1v) is 22.7. The summed E-state index contributed by atoms with van der Waals surface area (Å²) in [7, 11) is 1.84. The molecule has 0 saturated carbocycles. The highest BCUT2D eigenvalue weighted by molar-refractivity contribution is 7.99. The predicted molar refractivity (Wildman–Crippen MR) is 240 cm³/mol. The molecule has 61 heavy (non-hydrogen) atoms. The summed E-state index contributed by atoms with van der Waals surface area (Å²) in [6.45, 7) is 3.08. The molecule has 2 N–H and O–H groups in total. The normalized spacial score (nSPS) is 15.4. The number of likely N-dealkylation sites (N-methyl/N-ethyl adjacent to an activating group) is 1. The Hall–Kier alpha value is -5.68. The van der Waals surface area contributed by atoms with Crippen molar-refractivity contribution in [1.29, 1.82) is 0 Å². The number of thioether (sulfide) groups is 1. The summed E-state index contributed by atoms with van der Waals surface area (Å²) in [5, 5.41) is 12.2. The van der Waals surface area contributed by atoms with Gasteiger partial charge in [0.05, 0.1) is 17.7 Å². The Morgan fingerprint density at radius 3 is 2.07 bits per heavy atom. The first kappa shape index (κ1) is 44.9. The Labute approximate surface area is 363 Å². The highest BCUT2D eigenvalue weighted by Crippen LogP contribution is 2.37. The van der Waals surface area contributed by atoms with Gasteiger partial charge in [-0.15, -0.1) is 11.8 Å². The number of benzene rings is 4. The van der Waals surface area contributed by atoms with E-state index in [4.69, 9.17) is 4.74 Å². The number of aromatic hydroxyl groups is 1. The molecule has 0 aliphatic carbocycles. The molecule has 1 atom stereocenters. The maximum atomic E-state index is 13.3. The van der Waals surface area contributed by atoms with Gasteiger partial charge in [0, 0.05) is 24.8 Å². The summed E-state index contributed by atoms with van der Waals surface area (Å²) in [5.74, 6) is 0.0259. The second-order valence-electron chi connectivity index (χ2n) is 15.7. The molecule has 4 aromatic carbocycles. The molecule has 1 fully saturated rings. The summed E-state index contributed by atoms with van der Waals surface area (Å²) in [6.07, 6.45) is 11.3. The van der Waals surface area contributed by atoms with Crippen molar-refractivity contribution in [3.63, 3.8) is 0 Å². The number of fused-ring (bicyclic) bond motifs is 1. The maximum Gasteiger partial charge on any atom is 0.263 e. The predicted octanol–water partition coefficient (Wildman–Crippen LogP) is 9.69. The van der Waals surface area contributed by atoms with Crippen LogP contribution < -0.4 is 10.1 Å². The number of nitrogens with zero attached hydrogens (tertiary/aromatic N) is 2. The zero-order valence-electron chi connectivity index (χ0n) is 35.3. The Morgan fingerprint density at radius 1 is 0.770 bits per heavy atom. The lowest BCUT2D eigenvalue weighted by molar-refractivity contribution is -0.136. The smallest absolute Gasteiger partial charge is 0.263 e. The number of allylic oxidation sites excluding steroid dienone is 1. The third-order valence-corrected chi connectivity index (χ3v) is 12.6. The maximum absolute atomic E-state index is 13.3. The molecule has 0 spiro atoms. The van der Waals surface area contributed by atoms with Crippen LogP contribution in [0.1, 0.15) is 128 Å². The van der Waals surface area contributed by atoms with E-state index in [1.807, 2.05) is 55.6 Å². The summed E-state index contributed by atoms with van der Waals surface area (Å²) in [6, 6.07) is 30.1. The van der Waals surface area contributed by atoms with Crippen molar-refractivity contribution in [3.8, 4) is 11.5 Å². The van der Waals surface area contributed by atoms with Crippen LogP contribution in [0.25, 0.3) is 11.1 Å². The third-order valence-electron chi connectivity index (χ3n) is 11.4. The van der Waals surface area contributed by atoms with Gasteiger partial charge < -0.3 is 14.7 Å². The molecule has 2 aliphatic heterocycles. The Bertz CT molecular complexity index is 2190. The monoisotopic (exact) mass is 843 g/mol. The minimum Gasteiger partial charge on any atom is -0.508 e. The van der Waals surface area contributed by atoms with Crippen LogP contribution in [0.3, 0.4) is 0 Å². The molecule has 0 bridgehead atoms. The number of piperidine rings is 1.